The van der Waals surface area contributed by atoms with Gasteiger partial charge in [-0.15, -0.1) is 0 Å². The summed E-state index contributed by atoms with van der Waals surface area (Å²) in [6.45, 7) is 18.5. The fourth-order valence-corrected chi connectivity index (χ4v) is 7.63. The van der Waals surface area contributed by atoms with Crippen molar-refractivity contribution in [1.29, 1.82) is 0 Å². The van der Waals surface area contributed by atoms with Crippen molar-refractivity contribution in [1.82, 2.24) is 20.6 Å². The van der Waals surface area contributed by atoms with Crippen molar-refractivity contribution in [3.05, 3.63) is 67.3 Å². The summed E-state index contributed by atoms with van der Waals surface area (Å²) >= 11 is 0. The second-order valence-corrected chi connectivity index (χ2v) is 11.4. The molecule has 4 unspecified atom stereocenters. The predicted octanol–water partition coefficient (Wildman–Crippen LogP) is 5.36. The van der Waals surface area contributed by atoms with E-state index in [0.717, 1.165) is 51.4 Å². The standard InChI is InChI=1S/C32H46N4.Ni/c1-9-21-17(5)25-14-30-23(11-3)19(7)27(35-30)16-32-24(12-4)20(8)28(36-32)15-31-22(10-2)18(6)26(34-31)13-29(21)33-25;/h25,28-29,32-33,36H,9-16H2,1-8H3;/q-2;+2. The van der Waals surface area contributed by atoms with Crippen LogP contribution in [-0.2, 0) is 55.0 Å². The molecule has 0 aromatic carbocycles. The molecule has 4 atom stereocenters. The Labute approximate surface area is 234 Å². The molecule has 8 bridgehead atoms. The van der Waals surface area contributed by atoms with Gasteiger partial charge in [0.25, 0.3) is 0 Å². The third kappa shape index (κ3) is 4.86. The molecule has 204 valence electrons. The Hall–Kier alpha value is -1.55. The fourth-order valence-electron chi connectivity index (χ4n) is 7.63. The van der Waals surface area contributed by atoms with Crippen LogP contribution in [0.3, 0.4) is 0 Å². The van der Waals surface area contributed by atoms with Gasteiger partial charge in [-0.25, -0.2) is 0 Å². The summed E-state index contributed by atoms with van der Waals surface area (Å²) in [5.41, 5.74) is 17.3. The third-order valence-corrected chi connectivity index (χ3v) is 9.77. The average Bonchev–Trinajstić information content (AvgIpc) is 3.51. The van der Waals surface area contributed by atoms with Crippen LogP contribution >= 0.6 is 0 Å². The second-order valence-electron chi connectivity index (χ2n) is 11.4. The van der Waals surface area contributed by atoms with Crippen LogP contribution < -0.4 is 20.6 Å². The van der Waals surface area contributed by atoms with Gasteiger partial charge in [0, 0.05) is 24.2 Å². The van der Waals surface area contributed by atoms with E-state index >= 15 is 0 Å². The first-order chi connectivity index (χ1) is 17.3. The van der Waals surface area contributed by atoms with Gasteiger partial charge in [-0.05, 0) is 79.1 Å². The molecule has 2 aromatic rings. The zero-order chi connectivity index (χ0) is 25.7. The Kier molecular flexibility index (Phi) is 8.68. The summed E-state index contributed by atoms with van der Waals surface area (Å²) in [6, 6.07) is 1.49. The molecule has 0 fully saturated rings. The number of rotatable bonds is 4. The van der Waals surface area contributed by atoms with Crippen LogP contribution in [-0.4, -0.2) is 24.2 Å². The SMILES string of the molecule is CCC1=C(C)C2Cc3[n-]c(c(C)c3CC)CC3NC(Cc4[n-]c(c(C)c4CC)CC1N2)C(C)=C3CC.[Ni+2]. The van der Waals surface area contributed by atoms with E-state index in [9.17, 15) is 0 Å². The van der Waals surface area contributed by atoms with Crippen molar-refractivity contribution in [2.45, 2.75) is 131 Å². The van der Waals surface area contributed by atoms with Crippen LogP contribution in [0.2, 0.25) is 0 Å². The zero-order valence-electron chi connectivity index (χ0n) is 24.2. The molecule has 0 aliphatic carbocycles. The number of fused-ring (bicyclic) bond motifs is 8. The normalized spacial score (nSPS) is 25.7. The first kappa shape index (κ1) is 28.5. The molecule has 0 spiro atoms. The van der Waals surface area contributed by atoms with Crippen molar-refractivity contribution in [2.75, 3.05) is 0 Å². The van der Waals surface area contributed by atoms with Crippen LogP contribution in [0, 0.1) is 13.8 Å². The maximum absolute atomic E-state index is 5.34. The molecular formula is C32H46N4Ni. The van der Waals surface area contributed by atoms with E-state index in [1.807, 2.05) is 0 Å². The molecule has 37 heavy (non-hydrogen) atoms. The summed E-state index contributed by atoms with van der Waals surface area (Å²) in [6.07, 6.45) is 8.28. The molecule has 0 radical (unpaired) electrons. The smallest absolute Gasteiger partial charge is 0.664 e. The molecule has 3 aliphatic heterocycles. The minimum absolute atomic E-state index is 0. The van der Waals surface area contributed by atoms with Crippen LogP contribution in [0.4, 0.5) is 0 Å². The minimum Gasteiger partial charge on any atom is -0.664 e. The Morgan fingerprint density at radius 1 is 0.541 bits per heavy atom. The summed E-state index contributed by atoms with van der Waals surface area (Å²) in [7, 11) is 0. The van der Waals surface area contributed by atoms with Crippen molar-refractivity contribution >= 4 is 0 Å². The van der Waals surface area contributed by atoms with Crippen LogP contribution in [0.15, 0.2) is 22.3 Å². The van der Waals surface area contributed by atoms with Crippen molar-refractivity contribution in [2.24, 2.45) is 0 Å². The molecule has 0 saturated heterocycles. The van der Waals surface area contributed by atoms with E-state index in [2.05, 4.69) is 66.0 Å². The van der Waals surface area contributed by atoms with Crippen LogP contribution in [0.25, 0.3) is 0 Å². The number of nitrogens with one attached hydrogen (secondary N) is 2. The first-order valence-electron chi connectivity index (χ1n) is 14.5. The molecule has 5 rings (SSSR count). The topological polar surface area (TPSA) is 52.3 Å². The zero-order valence-corrected chi connectivity index (χ0v) is 25.2. The first-order valence-corrected chi connectivity index (χ1v) is 14.5. The molecule has 0 saturated carbocycles. The number of nitrogens with zero attached hydrogens (tertiary/aromatic N) is 2. The fraction of sp³-hybridized carbons (Fsp3) is 0.625. The number of hydrogen-bond acceptors (Lipinski definition) is 2. The minimum atomic E-state index is 0. The van der Waals surface area contributed by atoms with Gasteiger partial charge in [-0.3, -0.25) is 0 Å². The maximum Gasteiger partial charge on any atom is 2.00 e. The molecule has 5 heterocycles. The molecule has 3 aliphatic rings. The Morgan fingerprint density at radius 3 is 1.22 bits per heavy atom. The largest absolute Gasteiger partial charge is 2.00 e. The Bertz CT molecular complexity index is 1120. The average molecular weight is 545 g/mol. The van der Waals surface area contributed by atoms with Gasteiger partial charge < -0.3 is 20.6 Å². The van der Waals surface area contributed by atoms with E-state index in [1.165, 1.54) is 56.2 Å². The monoisotopic (exact) mass is 544 g/mol. The number of hydrogen-bond donors (Lipinski definition) is 2. The van der Waals surface area contributed by atoms with Gasteiger partial charge in [-0.1, -0.05) is 72.2 Å². The van der Waals surface area contributed by atoms with Gasteiger partial charge in [0.1, 0.15) is 0 Å². The third-order valence-electron chi connectivity index (χ3n) is 9.77. The van der Waals surface area contributed by atoms with E-state index in [0.29, 0.717) is 24.2 Å². The van der Waals surface area contributed by atoms with Gasteiger partial charge in [0.2, 0.25) is 0 Å². The maximum atomic E-state index is 5.34. The van der Waals surface area contributed by atoms with Crippen molar-refractivity contribution < 1.29 is 16.5 Å². The summed E-state index contributed by atoms with van der Waals surface area (Å²) < 4.78 is 0. The van der Waals surface area contributed by atoms with E-state index < -0.39 is 0 Å². The molecular weight excluding hydrogens is 499 g/mol. The van der Waals surface area contributed by atoms with Gasteiger partial charge >= 0.3 is 16.5 Å². The Morgan fingerprint density at radius 2 is 0.892 bits per heavy atom. The quantitative estimate of drug-likeness (QED) is 0.402. The molecule has 4 nitrogen and oxygen atoms in total. The number of aromatic nitrogens is 2. The second kappa shape index (κ2) is 11.3. The van der Waals surface area contributed by atoms with Crippen LogP contribution in [0.1, 0.15) is 99.4 Å². The van der Waals surface area contributed by atoms with E-state index in [4.69, 9.17) is 9.97 Å². The van der Waals surface area contributed by atoms with E-state index in [-0.39, 0.29) is 16.5 Å². The summed E-state index contributed by atoms with van der Waals surface area (Å²) in [4.78, 5) is 10.7. The molecule has 5 heteroatoms. The van der Waals surface area contributed by atoms with Crippen LogP contribution in [0.5, 0.6) is 0 Å². The van der Waals surface area contributed by atoms with Gasteiger partial charge in [0.05, 0.1) is 0 Å². The summed E-state index contributed by atoms with van der Waals surface area (Å²) in [5, 5.41) is 8.07. The summed E-state index contributed by atoms with van der Waals surface area (Å²) in [5.74, 6) is 0. The molecule has 2 N–H and O–H groups in total. The predicted molar refractivity (Wildman–Crippen MR) is 150 cm³/mol. The van der Waals surface area contributed by atoms with Gasteiger partial charge in [-0.2, -0.15) is 22.8 Å². The molecule has 2 aromatic heterocycles. The van der Waals surface area contributed by atoms with Gasteiger partial charge in [0.15, 0.2) is 0 Å². The Balaban J connectivity index is 0.00000320. The van der Waals surface area contributed by atoms with Crippen molar-refractivity contribution in [3.63, 3.8) is 0 Å². The van der Waals surface area contributed by atoms with Crippen molar-refractivity contribution in [3.8, 4) is 0 Å². The molecule has 0 amide bonds. The van der Waals surface area contributed by atoms with E-state index in [1.54, 1.807) is 11.1 Å².